The van der Waals surface area contributed by atoms with Crippen LogP contribution in [0, 0.1) is 0 Å². The van der Waals surface area contributed by atoms with Crippen molar-refractivity contribution in [1.82, 2.24) is 0 Å². The molecule has 0 bridgehead atoms. The molecule has 0 aliphatic carbocycles. The molecule has 2 aliphatic heterocycles. The van der Waals surface area contributed by atoms with Crippen molar-refractivity contribution < 1.29 is 11.0 Å². The molecule has 4 heteroatoms. The minimum Gasteiger partial charge on any atom is -0.468 e. The maximum absolute atomic E-state index is 4.82. The van der Waals surface area contributed by atoms with Crippen LogP contribution in [0.1, 0.15) is 1.43 Å². The quantitative estimate of drug-likeness (QED) is 0.497. The second kappa shape index (κ2) is 1.98. The summed E-state index contributed by atoms with van der Waals surface area (Å²) in [5.41, 5.74) is 0.737. The van der Waals surface area contributed by atoms with Crippen molar-refractivity contribution in [3.63, 3.8) is 0 Å². The van der Waals surface area contributed by atoms with E-state index >= 15 is 0 Å². The van der Waals surface area contributed by atoms with Crippen molar-refractivity contribution in [3.05, 3.63) is 24.4 Å². The van der Waals surface area contributed by atoms with Crippen molar-refractivity contribution in [2.75, 3.05) is 0 Å². The number of oxime groups is 1. The Morgan fingerprint density at radius 1 is 1.50 bits per heavy atom. The van der Waals surface area contributed by atoms with Crippen LogP contribution in [-0.4, -0.2) is 12.1 Å². The topological polar surface area (TPSA) is 43.2 Å². The zero-order valence-corrected chi connectivity index (χ0v) is 5.02. The first kappa shape index (κ1) is 5.22. The monoisotopic (exact) mass is 137 g/mol. The average Bonchev–Trinajstić information content (AvgIpc) is 2.05. The van der Waals surface area contributed by atoms with Crippen molar-refractivity contribution in [2.24, 2.45) is 10.1 Å². The van der Waals surface area contributed by atoms with E-state index in [4.69, 9.17) is 9.57 Å². The lowest BCUT2D eigenvalue weighted by atomic mass is 10.3. The maximum atomic E-state index is 4.82. The van der Waals surface area contributed by atoms with Gasteiger partial charge in [-0.05, 0) is 0 Å². The van der Waals surface area contributed by atoms with Gasteiger partial charge in [0.2, 0.25) is 5.76 Å². The highest BCUT2D eigenvalue weighted by Gasteiger charge is 2.11. The van der Waals surface area contributed by atoms with E-state index in [0.29, 0.717) is 5.76 Å². The fourth-order valence-corrected chi connectivity index (χ4v) is 0.688. The fraction of sp³-hybridized carbons (Fsp3) is 0. The van der Waals surface area contributed by atoms with Crippen LogP contribution in [0.2, 0.25) is 0 Å². The molecule has 0 N–H and O–H groups in total. The van der Waals surface area contributed by atoms with Gasteiger partial charge in [-0.25, -0.2) is 4.99 Å². The lowest BCUT2D eigenvalue weighted by molar-refractivity contribution is 0.227. The lowest BCUT2D eigenvalue weighted by Crippen LogP contribution is -2.08. The Kier molecular flexibility index (Phi) is 1.04. The first-order valence-electron chi connectivity index (χ1n) is 2.76. The Balaban J connectivity index is 0.000000605. The van der Waals surface area contributed by atoms with Gasteiger partial charge in [0.25, 0.3) is 0 Å². The minimum absolute atomic E-state index is 0. The van der Waals surface area contributed by atoms with E-state index in [9.17, 15) is 0 Å². The number of fused-ring (bicyclic) bond motifs is 1. The van der Waals surface area contributed by atoms with Crippen LogP contribution in [0.3, 0.4) is 0 Å². The number of nitrogens with zero attached hydrogens (tertiary/aromatic N) is 2. The number of hydrogen-bond donors (Lipinski definition) is 0. The molecule has 0 saturated heterocycles. The smallest absolute Gasteiger partial charge is 0.468 e. The summed E-state index contributed by atoms with van der Waals surface area (Å²) < 4.78 is 4.82. The third-order valence-corrected chi connectivity index (χ3v) is 1.13. The van der Waals surface area contributed by atoms with E-state index in [2.05, 4.69) is 10.1 Å². The molecule has 0 aromatic heterocycles. The molecule has 50 valence electrons. The predicted molar refractivity (Wildman–Crippen MR) is 36.4 cm³/mol. The van der Waals surface area contributed by atoms with Gasteiger partial charge in [-0.1, -0.05) is 5.16 Å². The van der Waals surface area contributed by atoms with Crippen LogP contribution < -0.4 is 0 Å². The molecule has 10 heavy (non-hydrogen) atoms. The second-order valence-corrected chi connectivity index (χ2v) is 1.75. The number of aliphatic imine (C=N–C) groups is 1. The van der Waals surface area contributed by atoms with Crippen molar-refractivity contribution in [2.45, 2.75) is 0 Å². The summed E-state index contributed by atoms with van der Waals surface area (Å²) in [6.07, 6.45) is 6.04. The molecule has 2 rings (SSSR count). The molecular formula is C6H5N2O2+. The van der Waals surface area contributed by atoms with Crippen LogP contribution >= 0.6 is 0 Å². The molecule has 0 saturated carbocycles. The molecule has 0 atom stereocenters. The van der Waals surface area contributed by atoms with Crippen molar-refractivity contribution >= 4 is 12.1 Å². The van der Waals surface area contributed by atoms with Crippen molar-refractivity contribution in [3.8, 4) is 0 Å². The number of ether oxygens (including phenoxy) is 1. The van der Waals surface area contributed by atoms with E-state index < -0.39 is 0 Å². The van der Waals surface area contributed by atoms with Crippen LogP contribution in [0.4, 0.5) is 0 Å². The summed E-state index contributed by atoms with van der Waals surface area (Å²) in [4.78, 5) is 8.72. The molecule has 0 fully saturated rings. The first-order chi connectivity index (χ1) is 4.97. The summed E-state index contributed by atoms with van der Waals surface area (Å²) in [7, 11) is 0. The summed E-state index contributed by atoms with van der Waals surface area (Å²) in [6, 6.07) is 0. The summed E-state index contributed by atoms with van der Waals surface area (Å²) in [6.45, 7) is 0. The van der Waals surface area contributed by atoms with E-state index in [1.807, 2.05) is 0 Å². The fourth-order valence-electron chi connectivity index (χ4n) is 0.688. The number of rotatable bonds is 0. The maximum Gasteiger partial charge on any atom is 1.00 e. The Hall–Kier alpha value is -1.58. The van der Waals surface area contributed by atoms with E-state index in [1.165, 1.54) is 18.9 Å². The molecule has 4 nitrogen and oxygen atoms in total. The molecule has 2 aliphatic rings. The molecule has 0 radical (unpaired) electrons. The van der Waals surface area contributed by atoms with E-state index in [0.717, 1.165) is 5.71 Å². The third kappa shape index (κ3) is 0.699. The molecule has 0 unspecified atom stereocenters. The largest absolute Gasteiger partial charge is 1.00 e. The first-order valence-corrected chi connectivity index (χ1v) is 2.76. The van der Waals surface area contributed by atoms with Gasteiger partial charge in [-0.15, -0.1) is 0 Å². The average molecular weight is 137 g/mol. The van der Waals surface area contributed by atoms with Gasteiger partial charge >= 0.3 is 1.43 Å². The van der Waals surface area contributed by atoms with E-state index in [1.54, 1.807) is 6.08 Å². The van der Waals surface area contributed by atoms with Crippen LogP contribution in [0.25, 0.3) is 0 Å². The molecule has 0 aromatic rings. The summed E-state index contributed by atoms with van der Waals surface area (Å²) in [5.74, 6) is 0.546. The number of allylic oxidation sites excluding steroid dienone is 1. The predicted octanol–water partition coefficient (Wildman–Crippen LogP) is 0.899. The molecule has 0 aromatic carbocycles. The van der Waals surface area contributed by atoms with Gasteiger partial charge < -0.3 is 9.57 Å². The molecular weight excluding hydrogens is 132 g/mol. The van der Waals surface area contributed by atoms with Crippen LogP contribution in [0.5, 0.6) is 0 Å². The third-order valence-electron chi connectivity index (χ3n) is 1.13. The standard InChI is InChI=1S/C6H4N2O2/c1-2-9-3-6-5(1)7-4-8-10-6/h1-4H/p+1. The normalized spacial score (nSPS) is 20.0. The van der Waals surface area contributed by atoms with Crippen molar-refractivity contribution in [1.29, 1.82) is 0 Å². The van der Waals surface area contributed by atoms with Gasteiger partial charge in [0.15, 0.2) is 6.34 Å². The van der Waals surface area contributed by atoms with Gasteiger partial charge in [0.05, 0.1) is 6.26 Å². The second-order valence-electron chi connectivity index (χ2n) is 1.75. The lowest BCUT2D eigenvalue weighted by Gasteiger charge is -2.09. The van der Waals surface area contributed by atoms with Gasteiger partial charge in [-0.3, -0.25) is 0 Å². The van der Waals surface area contributed by atoms with Crippen LogP contribution in [0.15, 0.2) is 34.5 Å². The highest BCUT2D eigenvalue weighted by atomic mass is 16.6. The molecule has 0 amide bonds. The van der Waals surface area contributed by atoms with Crippen LogP contribution in [-0.2, 0) is 9.57 Å². The number of hydrogen-bond acceptors (Lipinski definition) is 4. The Morgan fingerprint density at radius 3 is 3.40 bits per heavy atom. The zero-order valence-electron chi connectivity index (χ0n) is 6.02. The van der Waals surface area contributed by atoms with Gasteiger partial charge in [0, 0.05) is 6.08 Å². The highest BCUT2D eigenvalue weighted by Crippen LogP contribution is 2.10. The Morgan fingerprint density at radius 2 is 2.50 bits per heavy atom. The highest BCUT2D eigenvalue weighted by molar-refractivity contribution is 6.10. The molecule has 2 heterocycles. The summed E-state index contributed by atoms with van der Waals surface area (Å²) >= 11 is 0. The minimum atomic E-state index is 0. The van der Waals surface area contributed by atoms with Gasteiger partial charge in [-0.2, -0.15) is 0 Å². The van der Waals surface area contributed by atoms with Gasteiger partial charge in [0.1, 0.15) is 12.0 Å². The molecule has 0 spiro atoms. The van der Waals surface area contributed by atoms with E-state index in [-0.39, 0.29) is 1.43 Å². The zero-order chi connectivity index (χ0) is 6.81. The Labute approximate surface area is 58.6 Å². The Bertz CT molecular complexity index is 268. The summed E-state index contributed by atoms with van der Waals surface area (Å²) in [5, 5.41) is 3.47. The SMILES string of the molecule is C1=CC2=NC=NOC2=CO1.[H+].